The van der Waals surface area contributed by atoms with Gasteiger partial charge < -0.3 is 9.47 Å². The van der Waals surface area contributed by atoms with E-state index in [1.807, 2.05) is 0 Å². The molecule has 0 unspecified atom stereocenters. The minimum Gasteiger partial charge on any atom is -0.466 e. The summed E-state index contributed by atoms with van der Waals surface area (Å²) in [4.78, 5) is 1.25. The van der Waals surface area contributed by atoms with E-state index >= 15 is 0 Å². The summed E-state index contributed by atoms with van der Waals surface area (Å²) in [5, 5.41) is 9.44. The predicted octanol–water partition coefficient (Wildman–Crippen LogP) is 5.34. The molecule has 5 rings (SSSR count). The third kappa shape index (κ3) is 2.62. The molecule has 0 amide bonds. The summed E-state index contributed by atoms with van der Waals surface area (Å²) in [5.74, 6) is 0.981. The average Bonchev–Trinajstić information content (AvgIpc) is 3.24. The van der Waals surface area contributed by atoms with E-state index in [2.05, 4.69) is 70.5 Å². The van der Waals surface area contributed by atoms with E-state index in [9.17, 15) is 0 Å². The van der Waals surface area contributed by atoms with E-state index in [0.29, 0.717) is 6.61 Å². The van der Waals surface area contributed by atoms with Crippen molar-refractivity contribution in [1.29, 1.82) is 0 Å². The monoisotopic (exact) mass is 432 g/mol. The zero-order valence-electron chi connectivity index (χ0n) is 14.9. The first-order chi connectivity index (χ1) is 12.5. The Morgan fingerprint density at radius 1 is 1.31 bits per heavy atom. The molecule has 0 aliphatic carbocycles. The minimum absolute atomic E-state index is 0.210. The van der Waals surface area contributed by atoms with Crippen molar-refractivity contribution in [2.24, 2.45) is 5.10 Å². The van der Waals surface area contributed by atoms with Gasteiger partial charge in [0.2, 0.25) is 5.72 Å². The second-order valence-electron chi connectivity index (χ2n) is 7.85. The molecule has 1 saturated heterocycles. The summed E-state index contributed by atoms with van der Waals surface area (Å²) in [6.45, 7) is 4.97. The zero-order chi connectivity index (χ0) is 17.9. The number of fused-ring (bicyclic) bond motifs is 4. The van der Waals surface area contributed by atoms with Crippen molar-refractivity contribution in [3.63, 3.8) is 0 Å². The van der Waals surface area contributed by atoms with Crippen LogP contribution in [-0.4, -0.2) is 28.7 Å². The highest BCUT2D eigenvalue weighted by atomic mass is 79.9. The number of ether oxygens (including phenoxy) is 2. The SMILES string of the molecule is CC1(C)C[C@@]2(CCO1)Oc1ccc(Br)cc1[C@H]1CC(c3cccs3)=NN12. The van der Waals surface area contributed by atoms with Crippen LogP contribution in [0.3, 0.4) is 0 Å². The van der Waals surface area contributed by atoms with Gasteiger partial charge in [-0.3, -0.25) is 0 Å². The summed E-state index contributed by atoms with van der Waals surface area (Å²) >= 11 is 5.37. The van der Waals surface area contributed by atoms with Crippen molar-refractivity contribution in [1.82, 2.24) is 5.01 Å². The second-order valence-corrected chi connectivity index (χ2v) is 9.72. The van der Waals surface area contributed by atoms with E-state index in [4.69, 9.17) is 14.6 Å². The maximum absolute atomic E-state index is 6.65. The molecule has 2 aromatic rings. The summed E-state index contributed by atoms with van der Waals surface area (Å²) in [7, 11) is 0. The number of thiophene rings is 1. The maximum Gasteiger partial charge on any atom is 0.203 e. The molecule has 4 heterocycles. The summed E-state index contributed by atoms with van der Waals surface area (Å²) in [5.41, 5.74) is 1.71. The van der Waals surface area contributed by atoms with Gasteiger partial charge in [-0.15, -0.1) is 11.3 Å². The summed E-state index contributed by atoms with van der Waals surface area (Å²) in [6, 6.07) is 10.8. The van der Waals surface area contributed by atoms with Gasteiger partial charge in [0.1, 0.15) is 5.75 Å². The van der Waals surface area contributed by atoms with E-state index < -0.39 is 5.72 Å². The molecule has 2 atom stereocenters. The molecule has 3 aliphatic heterocycles. The fourth-order valence-electron chi connectivity index (χ4n) is 4.42. The molecule has 3 aliphatic rings. The normalized spacial score (nSPS) is 29.1. The molecule has 0 bridgehead atoms. The van der Waals surface area contributed by atoms with E-state index in [0.717, 1.165) is 35.2 Å². The van der Waals surface area contributed by atoms with Gasteiger partial charge in [0.05, 0.1) is 28.8 Å². The Bertz CT molecular complexity index is 880. The highest BCUT2D eigenvalue weighted by Crippen LogP contribution is 2.52. The lowest BCUT2D eigenvalue weighted by atomic mass is 9.86. The minimum atomic E-state index is -0.438. The van der Waals surface area contributed by atoms with Crippen LogP contribution in [0.25, 0.3) is 0 Å². The zero-order valence-corrected chi connectivity index (χ0v) is 17.3. The van der Waals surface area contributed by atoms with Crippen LogP contribution in [0.2, 0.25) is 0 Å². The summed E-state index contributed by atoms with van der Waals surface area (Å²) in [6.07, 6.45) is 2.53. The van der Waals surface area contributed by atoms with Crippen LogP contribution < -0.4 is 4.74 Å². The smallest absolute Gasteiger partial charge is 0.203 e. The van der Waals surface area contributed by atoms with Gasteiger partial charge in [0, 0.05) is 29.3 Å². The van der Waals surface area contributed by atoms with Gasteiger partial charge in [-0.05, 0) is 43.5 Å². The Balaban J connectivity index is 1.63. The number of hydrogen-bond acceptors (Lipinski definition) is 5. The molecular formula is C20H21BrN2O2S. The molecule has 26 heavy (non-hydrogen) atoms. The first-order valence-electron chi connectivity index (χ1n) is 8.99. The molecular weight excluding hydrogens is 412 g/mol. The van der Waals surface area contributed by atoms with Gasteiger partial charge in [0.25, 0.3) is 0 Å². The van der Waals surface area contributed by atoms with E-state index in [-0.39, 0.29) is 11.6 Å². The number of nitrogens with zero attached hydrogens (tertiary/aromatic N) is 2. The largest absolute Gasteiger partial charge is 0.466 e. The van der Waals surface area contributed by atoms with Crippen molar-refractivity contribution in [3.05, 3.63) is 50.6 Å². The molecule has 1 spiro atoms. The highest BCUT2D eigenvalue weighted by molar-refractivity contribution is 9.10. The van der Waals surface area contributed by atoms with Gasteiger partial charge in [-0.2, -0.15) is 5.10 Å². The number of rotatable bonds is 1. The summed E-state index contributed by atoms with van der Waals surface area (Å²) < 4.78 is 13.7. The first kappa shape index (κ1) is 16.8. The Hall–Kier alpha value is -1.37. The maximum atomic E-state index is 6.65. The molecule has 1 aromatic heterocycles. The molecule has 4 nitrogen and oxygen atoms in total. The molecule has 6 heteroatoms. The quantitative estimate of drug-likeness (QED) is 0.609. The lowest BCUT2D eigenvalue weighted by Gasteiger charge is -2.52. The molecule has 0 N–H and O–H groups in total. The van der Waals surface area contributed by atoms with Gasteiger partial charge in [0.15, 0.2) is 0 Å². The third-order valence-electron chi connectivity index (χ3n) is 5.45. The van der Waals surface area contributed by atoms with E-state index in [1.165, 1.54) is 10.4 Å². The molecule has 0 saturated carbocycles. The Morgan fingerprint density at radius 2 is 2.19 bits per heavy atom. The Labute approximate surface area is 165 Å². The standard InChI is InChI=1S/C20H21BrN2O2S/c1-19(2)12-20(7-8-24-19)23-16(11-15(22-23)18-4-3-9-26-18)14-10-13(21)5-6-17(14)25-20/h3-6,9-10,16H,7-8,11-12H2,1-2H3/t16-,20-/m1/s1. The van der Waals surface area contributed by atoms with Crippen LogP contribution >= 0.6 is 27.3 Å². The van der Waals surface area contributed by atoms with Crippen molar-refractivity contribution in [3.8, 4) is 5.75 Å². The Morgan fingerprint density at radius 3 is 2.96 bits per heavy atom. The van der Waals surface area contributed by atoms with Gasteiger partial charge in [-0.25, -0.2) is 5.01 Å². The van der Waals surface area contributed by atoms with Crippen LogP contribution in [0.15, 0.2) is 45.3 Å². The highest BCUT2D eigenvalue weighted by Gasteiger charge is 2.54. The average molecular weight is 433 g/mol. The number of hydrogen-bond donors (Lipinski definition) is 0. The topological polar surface area (TPSA) is 34.1 Å². The molecule has 0 radical (unpaired) electrons. The van der Waals surface area contributed by atoms with Crippen molar-refractivity contribution >= 4 is 33.0 Å². The fraction of sp³-hybridized carbons (Fsp3) is 0.450. The van der Waals surface area contributed by atoms with Crippen molar-refractivity contribution in [2.45, 2.75) is 50.5 Å². The molecule has 136 valence electrons. The molecule has 1 aromatic carbocycles. The third-order valence-corrected chi connectivity index (χ3v) is 6.86. The van der Waals surface area contributed by atoms with Crippen molar-refractivity contribution < 1.29 is 9.47 Å². The second kappa shape index (κ2) is 5.81. The van der Waals surface area contributed by atoms with E-state index in [1.54, 1.807) is 11.3 Å². The number of hydrazone groups is 1. The lowest BCUT2D eigenvalue weighted by Crippen LogP contribution is -2.60. The Kier molecular flexibility index (Phi) is 3.75. The van der Waals surface area contributed by atoms with Crippen molar-refractivity contribution in [2.75, 3.05) is 6.61 Å². The predicted molar refractivity (Wildman–Crippen MR) is 107 cm³/mol. The van der Waals surface area contributed by atoms with Crippen LogP contribution in [0.5, 0.6) is 5.75 Å². The molecule has 1 fully saturated rings. The lowest BCUT2D eigenvalue weighted by molar-refractivity contribution is -0.212. The van der Waals surface area contributed by atoms with Crippen LogP contribution in [-0.2, 0) is 4.74 Å². The number of halogens is 1. The fourth-order valence-corrected chi connectivity index (χ4v) is 5.52. The van der Waals surface area contributed by atoms with Crippen LogP contribution in [0.4, 0.5) is 0 Å². The number of benzene rings is 1. The van der Waals surface area contributed by atoms with Gasteiger partial charge >= 0.3 is 0 Å². The first-order valence-corrected chi connectivity index (χ1v) is 10.7. The van der Waals surface area contributed by atoms with Crippen LogP contribution in [0.1, 0.15) is 49.6 Å². The van der Waals surface area contributed by atoms with Crippen LogP contribution in [0, 0.1) is 0 Å². The van der Waals surface area contributed by atoms with Gasteiger partial charge in [-0.1, -0.05) is 22.0 Å².